The van der Waals surface area contributed by atoms with Crippen LogP contribution in [0.5, 0.6) is 0 Å². The van der Waals surface area contributed by atoms with Gasteiger partial charge in [0.25, 0.3) is 0 Å². The maximum absolute atomic E-state index is 4.89. The number of halogens is 1. The molecule has 0 aromatic carbocycles. The molecule has 0 aliphatic carbocycles. The van der Waals surface area contributed by atoms with Crippen molar-refractivity contribution in [2.45, 2.75) is 20.0 Å². The van der Waals surface area contributed by atoms with Crippen LogP contribution in [0.3, 0.4) is 0 Å². The number of hydrogen-bond donors (Lipinski definition) is 1. The zero-order valence-electron chi connectivity index (χ0n) is 13.9. The molecule has 0 spiro atoms. The van der Waals surface area contributed by atoms with Gasteiger partial charge < -0.3 is 14.7 Å². The lowest BCUT2D eigenvalue weighted by atomic mass is 10.3. The quantitative estimate of drug-likeness (QED) is 0.426. The van der Waals surface area contributed by atoms with Crippen LogP contribution in [0.2, 0.25) is 0 Å². The highest BCUT2D eigenvalue weighted by Crippen LogP contribution is 2.10. The molecule has 1 aliphatic rings. The summed E-state index contributed by atoms with van der Waals surface area (Å²) in [6.07, 6.45) is 1.62. The summed E-state index contributed by atoms with van der Waals surface area (Å²) < 4.78 is 4.89. The van der Waals surface area contributed by atoms with Gasteiger partial charge in [-0.3, -0.25) is 9.89 Å². The lowest BCUT2D eigenvalue weighted by molar-refractivity contribution is 0.169. The van der Waals surface area contributed by atoms with Gasteiger partial charge in [0.2, 0.25) is 0 Å². The second-order valence-corrected chi connectivity index (χ2v) is 6.48. The Morgan fingerprint density at radius 3 is 2.75 bits per heavy atom. The van der Waals surface area contributed by atoms with Crippen LogP contribution in [0, 0.1) is 6.92 Å². The number of aryl methyl sites for hydroxylation is 1. The number of thiazole rings is 1. The van der Waals surface area contributed by atoms with Gasteiger partial charge in [-0.25, -0.2) is 4.98 Å². The van der Waals surface area contributed by atoms with Crippen molar-refractivity contribution in [2.75, 3.05) is 33.2 Å². The van der Waals surface area contributed by atoms with Gasteiger partial charge in [-0.1, -0.05) is 5.16 Å². The normalized spacial score (nSPS) is 16.1. The van der Waals surface area contributed by atoms with E-state index < -0.39 is 0 Å². The average Bonchev–Trinajstić information content (AvgIpc) is 3.21. The number of nitrogens with zero attached hydrogens (tertiary/aromatic N) is 5. The summed E-state index contributed by atoms with van der Waals surface area (Å²) in [5.41, 5.74) is 2.06. The molecular weight excluding hydrogens is 439 g/mol. The summed E-state index contributed by atoms with van der Waals surface area (Å²) in [7, 11) is 1.83. The number of guanidine groups is 1. The molecular formula is C15H23IN6OS. The Morgan fingerprint density at radius 2 is 2.17 bits per heavy atom. The van der Waals surface area contributed by atoms with Gasteiger partial charge in [-0.05, 0) is 6.92 Å². The lowest BCUT2D eigenvalue weighted by Gasteiger charge is -2.36. The van der Waals surface area contributed by atoms with Crippen LogP contribution in [-0.2, 0) is 13.1 Å². The number of aliphatic imine (C=N–C) groups is 1. The van der Waals surface area contributed by atoms with E-state index in [1.165, 1.54) is 0 Å². The number of rotatable bonds is 4. The summed E-state index contributed by atoms with van der Waals surface area (Å²) in [5.74, 6) is 0.943. The van der Waals surface area contributed by atoms with E-state index in [0.717, 1.165) is 61.6 Å². The summed E-state index contributed by atoms with van der Waals surface area (Å²) >= 11 is 1.68. The van der Waals surface area contributed by atoms with Crippen molar-refractivity contribution in [3.8, 4) is 0 Å². The van der Waals surface area contributed by atoms with Gasteiger partial charge in [-0.2, -0.15) is 0 Å². The molecule has 3 rings (SSSR count). The zero-order chi connectivity index (χ0) is 16.1. The molecule has 1 aliphatic heterocycles. The molecule has 0 atom stereocenters. The van der Waals surface area contributed by atoms with Crippen LogP contribution in [0.25, 0.3) is 0 Å². The largest absolute Gasteiger partial charge is 0.364 e. The van der Waals surface area contributed by atoms with Crippen LogP contribution in [0.15, 0.2) is 27.2 Å². The molecule has 0 radical (unpaired) electrons. The summed E-state index contributed by atoms with van der Waals surface area (Å²) in [6.45, 7) is 7.47. The summed E-state index contributed by atoms with van der Waals surface area (Å²) in [4.78, 5) is 13.5. The Morgan fingerprint density at radius 1 is 1.38 bits per heavy atom. The Kier molecular flexibility index (Phi) is 7.43. The van der Waals surface area contributed by atoms with Crippen LogP contribution in [0.4, 0.5) is 0 Å². The first-order valence-corrected chi connectivity index (χ1v) is 8.61. The highest BCUT2D eigenvalue weighted by Gasteiger charge is 2.20. The minimum Gasteiger partial charge on any atom is -0.364 e. The molecule has 7 nitrogen and oxygen atoms in total. The SMILES string of the molecule is CN=C(NCc1nc(C)cs1)N1CCN(Cc2ccon2)CC1.I. The fourth-order valence-corrected chi connectivity index (χ4v) is 3.35. The molecule has 1 fully saturated rings. The van der Waals surface area contributed by atoms with Crippen molar-refractivity contribution >= 4 is 41.3 Å². The molecule has 0 unspecified atom stereocenters. The molecule has 1 N–H and O–H groups in total. The van der Waals surface area contributed by atoms with E-state index in [-0.39, 0.29) is 24.0 Å². The first kappa shape index (κ1) is 19.1. The highest BCUT2D eigenvalue weighted by atomic mass is 127. The van der Waals surface area contributed by atoms with Crippen LogP contribution >= 0.6 is 35.3 Å². The topological polar surface area (TPSA) is 69.8 Å². The van der Waals surface area contributed by atoms with Crippen molar-refractivity contribution < 1.29 is 4.52 Å². The third kappa shape index (κ3) is 5.15. The maximum Gasteiger partial charge on any atom is 0.194 e. The van der Waals surface area contributed by atoms with E-state index in [1.54, 1.807) is 17.6 Å². The lowest BCUT2D eigenvalue weighted by Crippen LogP contribution is -2.52. The predicted octanol–water partition coefficient (Wildman–Crippen LogP) is 1.95. The van der Waals surface area contributed by atoms with Crippen molar-refractivity contribution in [1.29, 1.82) is 0 Å². The number of aromatic nitrogens is 2. The molecule has 24 heavy (non-hydrogen) atoms. The minimum absolute atomic E-state index is 0. The molecule has 3 heterocycles. The van der Waals surface area contributed by atoms with E-state index >= 15 is 0 Å². The average molecular weight is 462 g/mol. The highest BCUT2D eigenvalue weighted by molar-refractivity contribution is 14.0. The third-order valence-electron chi connectivity index (χ3n) is 3.82. The van der Waals surface area contributed by atoms with Crippen molar-refractivity contribution in [2.24, 2.45) is 4.99 Å². The van der Waals surface area contributed by atoms with Gasteiger partial charge in [0.1, 0.15) is 11.3 Å². The molecule has 2 aromatic rings. The Bertz CT molecular complexity index is 636. The minimum atomic E-state index is 0. The Balaban J connectivity index is 0.00000208. The molecule has 0 bridgehead atoms. The van der Waals surface area contributed by atoms with Crippen LogP contribution in [0.1, 0.15) is 16.4 Å². The van der Waals surface area contributed by atoms with Crippen LogP contribution < -0.4 is 5.32 Å². The molecule has 0 saturated carbocycles. The van der Waals surface area contributed by atoms with E-state index in [9.17, 15) is 0 Å². The van der Waals surface area contributed by atoms with E-state index in [2.05, 4.69) is 35.6 Å². The van der Waals surface area contributed by atoms with Gasteiger partial charge >= 0.3 is 0 Å². The summed E-state index contributed by atoms with van der Waals surface area (Å²) in [5, 5.41) is 10.5. The second-order valence-electron chi connectivity index (χ2n) is 5.54. The van der Waals surface area contributed by atoms with Gasteiger partial charge in [-0.15, -0.1) is 35.3 Å². The predicted molar refractivity (Wildman–Crippen MR) is 106 cm³/mol. The fourth-order valence-electron chi connectivity index (χ4n) is 2.64. The maximum atomic E-state index is 4.89. The first-order valence-electron chi connectivity index (χ1n) is 7.73. The molecule has 1 saturated heterocycles. The number of hydrogen-bond acceptors (Lipinski definition) is 6. The van der Waals surface area contributed by atoms with Gasteiger partial charge in [0, 0.05) is 56.9 Å². The second kappa shape index (κ2) is 9.33. The fraction of sp³-hybridized carbons (Fsp3) is 0.533. The first-order chi connectivity index (χ1) is 11.2. The monoisotopic (exact) mass is 462 g/mol. The Hall–Kier alpha value is -1.20. The molecule has 9 heteroatoms. The summed E-state index contributed by atoms with van der Waals surface area (Å²) in [6, 6.07) is 1.92. The molecule has 2 aromatic heterocycles. The van der Waals surface area contributed by atoms with Crippen molar-refractivity contribution in [1.82, 2.24) is 25.3 Å². The smallest absolute Gasteiger partial charge is 0.194 e. The van der Waals surface area contributed by atoms with Crippen LogP contribution in [-0.4, -0.2) is 59.1 Å². The number of piperazine rings is 1. The third-order valence-corrected chi connectivity index (χ3v) is 4.79. The number of nitrogens with one attached hydrogen (secondary N) is 1. The zero-order valence-corrected chi connectivity index (χ0v) is 17.1. The van der Waals surface area contributed by atoms with Crippen molar-refractivity contribution in [3.05, 3.63) is 34.1 Å². The van der Waals surface area contributed by atoms with E-state index in [0.29, 0.717) is 0 Å². The molecule has 132 valence electrons. The van der Waals surface area contributed by atoms with Gasteiger partial charge in [0.15, 0.2) is 5.96 Å². The van der Waals surface area contributed by atoms with Crippen molar-refractivity contribution in [3.63, 3.8) is 0 Å². The standard InChI is InChI=1S/C15H22N6OS.HI/c1-12-11-23-14(18-12)9-17-15(16-2)21-6-4-20(5-7-21)10-13-3-8-22-19-13;/h3,8,11H,4-7,9-10H2,1-2H3,(H,16,17);1H. The Labute approximate surface area is 163 Å². The van der Waals surface area contributed by atoms with E-state index in [4.69, 9.17) is 4.52 Å². The van der Waals surface area contributed by atoms with Gasteiger partial charge in [0.05, 0.1) is 12.2 Å². The van der Waals surface area contributed by atoms with E-state index in [1.807, 2.05) is 20.0 Å². The molecule has 0 amide bonds.